The smallest absolute Gasteiger partial charge is 0.393 e. The predicted molar refractivity (Wildman–Crippen MR) is 118 cm³/mol. The van der Waals surface area contributed by atoms with E-state index in [0.29, 0.717) is 46.8 Å². The Labute approximate surface area is 180 Å². The summed E-state index contributed by atoms with van der Waals surface area (Å²) in [4.78, 5) is 0. The minimum Gasteiger partial charge on any atom is -0.393 e. The third-order valence-electron chi connectivity index (χ3n) is 7.10. The van der Waals surface area contributed by atoms with E-state index < -0.39 is 18.6 Å². The SMILES string of the molecule is CCC1=C(C)C2=C(c3ccc(F)c(F)c3C)c3c(C)c(CC)c(C)n3[B-](F)(F)[N+]2=C1C. The van der Waals surface area contributed by atoms with E-state index in [0.717, 1.165) is 37.3 Å². The summed E-state index contributed by atoms with van der Waals surface area (Å²) in [6.45, 7) is 8.39. The van der Waals surface area contributed by atoms with E-state index >= 15 is 8.63 Å². The number of allylic oxidation sites excluding steroid dienone is 2. The van der Waals surface area contributed by atoms with Crippen LogP contribution in [0.4, 0.5) is 17.4 Å². The monoisotopic (exact) mass is 430 g/mol. The molecule has 0 aliphatic carbocycles. The second-order valence-corrected chi connectivity index (χ2v) is 8.52. The van der Waals surface area contributed by atoms with Gasteiger partial charge in [-0.1, -0.05) is 19.9 Å². The van der Waals surface area contributed by atoms with Crippen LogP contribution in [0.3, 0.4) is 0 Å². The molecule has 0 spiro atoms. The van der Waals surface area contributed by atoms with Crippen LogP contribution in [-0.2, 0) is 6.42 Å². The van der Waals surface area contributed by atoms with E-state index in [1.165, 1.54) is 13.0 Å². The van der Waals surface area contributed by atoms with Gasteiger partial charge in [0.25, 0.3) is 0 Å². The molecular formula is C24H27BF4N2. The third kappa shape index (κ3) is 2.61. The molecule has 7 heteroatoms. The summed E-state index contributed by atoms with van der Waals surface area (Å²) in [5.41, 5.74) is 6.24. The van der Waals surface area contributed by atoms with Gasteiger partial charge in [-0.15, -0.1) is 0 Å². The minimum absolute atomic E-state index is 0.124. The van der Waals surface area contributed by atoms with Crippen LogP contribution in [0, 0.1) is 32.4 Å². The number of hydrogen-bond acceptors (Lipinski definition) is 0. The fraction of sp³-hybridized carbons (Fsp3) is 0.375. The first kappa shape index (κ1) is 21.7. The van der Waals surface area contributed by atoms with E-state index in [1.807, 2.05) is 27.7 Å². The summed E-state index contributed by atoms with van der Waals surface area (Å²) in [6, 6.07) is 2.59. The number of halogens is 4. The van der Waals surface area contributed by atoms with Crippen molar-refractivity contribution >= 4 is 18.3 Å². The van der Waals surface area contributed by atoms with Gasteiger partial charge in [0, 0.05) is 23.8 Å². The Bertz CT molecular complexity index is 1250. The molecule has 3 heterocycles. The van der Waals surface area contributed by atoms with Crippen LogP contribution in [-0.4, -0.2) is 21.6 Å². The zero-order valence-electron chi connectivity index (χ0n) is 19.1. The van der Waals surface area contributed by atoms with Crippen LogP contribution in [0.15, 0.2) is 29.0 Å². The van der Waals surface area contributed by atoms with Crippen LogP contribution < -0.4 is 0 Å². The zero-order valence-corrected chi connectivity index (χ0v) is 19.1. The third-order valence-corrected chi connectivity index (χ3v) is 7.10. The molecule has 0 fully saturated rings. The van der Waals surface area contributed by atoms with E-state index in [2.05, 4.69) is 0 Å². The predicted octanol–water partition coefficient (Wildman–Crippen LogP) is 6.46. The van der Waals surface area contributed by atoms with Crippen LogP contribution in [0.25, 0.3) is 5.57 Å². The normalized spacial score (nSPS) is 17.6. The lowest BCUT2D eigenvalue weighted by molar-refractivity contribution is -0.363. The molecule has 0 radical (unpaired) electrons. The Hall–Kier alpha value is -2.57. The number of hydrogen-bond donors (Lipinski definition) is 0. The van der Waals surface area contributed by atoms with E-state index in [9.17, 15) is 8.78 Å². The van der Waals surface area contributed by atoms with Crippen molar-refractivity contribution in [3.05, 3.63) is 74.3 Å². The average molecular weight is 430 g/mol. The van der Waals surface area contributed by atoms with Crippen molar-refractivity contribution in [3.63, 3.8) is 0 Å². The molecule has 2 aliphatic heterocycles. The van der Waals surface area contributed by atoms with Crippen molar-refractivity contribution < 1.29 is 21.9 Å². The summed E-state index contributed by atoms with van der Waals surface area (Å²) >= 11 is 0. The first-order valence-electron chi connectivity index (χ1n) is 10.8. The summed E-state index contributed by atoms with van der Waals surface area (Å²) in [5, 5.41) is 0. The topological polar surface area (TPSA) is 7.94 Å². The lowest BCUT2D eigenvalue weighted by atomic mass is 9.82. The maximum absolute atomic E-state index is 16.1. The Kier molecular flexibility index (Phi) is 4.87. The fourth-order valence-corrected chi connectivity index (χ4v) is 5.66. The zero-order chi connectivity index (χ0) is 23.0. The van der Waals surface area contributed by atoms with Crippen molar-refractivity contribution in [2.45, 2.75) is 61.3 Å². The average Bonchev–Trinajstić information content (AvgIpc) is 3.12. The van der Waals surface area contributed by atoms with E-state index in [4.69, 9.17) is 0 Å². The molecule has 0 amide bonds. The molecule has 2 aliphatic rings. The van der Waals surface area contributed by atoms with Gasteiger partial charge < -0.3 is 17.6 Å². The molecule has 0 saturated carbocycles. The van der Waals surface area contributed by atoms with E-state index in [1.54, 1.807) is 13.8 Å². The minimum atomic E-state index is -4.14. The molecular weight excluding hydrogens is 403 g/mol. The van der Waals surface area contributed by atoms with Crippen molar-refractivity contribution in [3.8, 4) is 0 Å². The molecule has 0 unspecified atom stereocenters. The maximum Gasteiger partial charge on any atom is 0.737 e. The molecule has 2 nitrogen and oxygen atoms in total. The standard InChI is InChI=1S/C24H27BF4N2/c1-8-17-13(4)23-21(19-10-11-20(26)22(27)12(19)3)24-14(5)18(9-2)16(7)31(24)25(28,29)30(23)15(17)6/h10-11H,8-9H2,1-7H3. The fourth-order valence-electron chi connectivity index (χ4n) is 5.66. The molecule has 31 heavy (non-hydrogen) atoms. The highest BCUT2D eigenvalue weighted by Gasteiger charge is 2.56. The van der Waals surface area contributed by atoms with E-state index in [-0.39, 0.29) is 5.56 Å². The van der Waals surface area contributed by atoms with Crippen LogP contribution >= 0.6 is 0 Å². The Morgan fingerprint density at radius 1 is 0.935 bits per heavy atom. The number of nitrogens with zero attached hydrogens (tertiary/aromatic N) is 2. The Morgan fingerprint density at radius 2 is 1.58 bits per heavy atom. The van der Waals surface area contributed by atoms with Gasteiger partial charge in [0.15, 0.2) is 17.3 Å². The van der Waals surface area contributed by atoms with Crippen LogP contribution in [0.1, 0.15) is 67.8 Å². The number of aromatic nitrogens is 1. The molecule has 164 valence electrons. The van der Waals surface area contributed by atoms with Gasteiger partial charge in [0.2, 0.25) is 0 Å². The van der Waals surface area contributed by atoms with Crippen molar-refractivity contribution in [2.75, 3.05) is 0 Å². The molecule has 0 atom stereocenters. The quantitative estimate of drug-likeness (QED) is 0.390. The lowest BCUT2D eigenvalue weighted by Gasteiger charge is -2.34. The second-order valence-electron chi connectivity index (χ2n) is 8.52. The number of benzene rings is 1. The molecule has 1 aromatic carbocycles. The molecule has 4 rings (SSSR count). The van der Waals surface area contributed by atoms with Crippen molar-refractivity contribution in [1.82, 2.24) is 4.48 Å². The molecule has 1 aromatic heterocycles. The lowest BCUT2D eigenvalue weighted by Crippen LogP contribution is -2.51. The highest BCUT2D eigenvalue weighted by atomic mass is 19.2. The van der Waals surface area contributed by atoms with Gasteiger partial charge in [0.1, 0.15) is 5.71 Å². The summed E-state index contributed by atoms with van der Waals surface area (Å²) in [5.74, 6) is -1.89. The second kappa shape index (κ2) is 6.97. The van der Waals surface area contributed by atoms with Crippen LogP contribution in [0.5, 0.6) is 0 Å². The first-order chi connectivity index (χ1) is 14.5. The molecule has 0 saturated heterocycles. The van der Waals surface area contributed by atoms with Crippen LogP contribution in [0.2, 0.25) is 0 Å². The maximum atomic E-state index is 16.1. The largest absolute Gasteiger partial charge is 0.737 e. The molecule has 0 bridgehead atoms. The summed E-state index contributed by atoms with van der Waals surface area (Å²) < 4.78 is 63.1. The van der Waals surface area contributed by atoms with Crippen molar-refractivity contribution in [2.24, 2.45) is 0 Å². The van der Waals surface area contributed by atoms with Crippen molar-refractivity contribution in [1.29, 1.82) is 0 Å². The summed E-state index contributed by atoms with van der Waals surface area (Å²) in [7, 11) is 0. The summed E-state index contributed by atoms with van der Waals surface area (Å²) in [6.07, 6.45) is 1.22. The molecule has 0 N–H and O–H groups in total. The van der Waals surface area contributed by atoms with Gasteiger partial charge in [-0.25, -0.2) is 8.78 Å². The highest BCUT2D eigenvalue weighted by molar-refractivity contribution is 6.58. The molecule has 2 aromatic rings. The van der Waals surface area contributed by atoms with Gasteiger partial charge >= 0.3 is 6.97 Å². The van der Waals surface area contributed by atoms with Gasteiger partial charge in [-0.2, -0.15) is 0 Å². The highest BCUT2D eigenvalue weighted by Crippen LogP contribution is 2.47. The van der Waals surface area contributed by atoms with Gasteiger partial charge in [0.05, 0.1) is 5.57 Å². The van der Waals surface area contributed by atoms with Gasteiger partial charge in [-0.3, -0.25) is 0 Å². The Balaban J connectivity index is 2.27. The number of rotatable bonds is 3. The Morgan fingerprint density at radius 3 is 2.16 bits per heavy atom. The number of fused-ring (bicyclic) bond motifs is 2. The van der Waals surface area contributed by atoms with Gasteiger partial charge in [-0.05, 0) is 74.6 Å². The first-order valence-corrected chi connectivity index (χ1v) is 10.8.